The van der Waals surface area contributed by atoms with Gasteiger partial charge in [-0.25, -0.2) is 0 Å². The summed E-state index contributed by atoms with van der Waals surface area (Å²) in [6.07, 6.45) is 1.46. The zero-order chi connectivity index (χ0) is 19.7. The van der Waals surface area contributed by atoms with E-state index < -0.39 is 0 Å². The SMILES string of the molecule is CC(C)(c1ccc(CCN)o1)c1ccc(C(C)(C)c2ccc(CCN)o2)o1. The van der Waals surface area contributed by atoms with Gasteiger partial charge >= 0.3 is 0 Å². The van der Waals surface area contributed by atoms with Crippen molar-refractivity contribution in [3.05, 3.63) is 71.0 Å². The Kier molecular flexibility index (Phi) is 5.36. The summed E-state index contributed by atoms with van der Waals surface area (Å²) in [5, 5.41) is 0. The predicted octanol–water partition coefficient (Wildman–Crippen LogP) is 4.12. The zero-order valence-corrected chi connectivity index (χ0v) is 16.7. The molecule has 27 heavy (non-hydrogen) atoms. The molecule has 0 radical (unpaired) electrons. The van der Waals surface area contributed by atoms with Crippen LogP contribution in [0.1, 0.15) is 62.3 Å². The molecule has 0 aromatic carbocycles. The van der Waals surface area contributed by atoms with Crippen molar-refractivity contribution in [2.75, 3.05) is 13.1 Å². The molecule has 0 bridgehead atoms. The summed E-state index contributed by atoms with van der Waals surface area (Å²) in [6.45, 7) is 9.53. The summed E-state index contributed by atoms with van der Waals surface area (Å²) in [5.74, 6) is 5.24. The van der Waals surface area contributed by atoms with Crippen molar-refractivity contribution in [1.29, 1.82) is 0 Å². The summed E-state index contributed by atoms with van der Waals surface area (Å²) in [4.78, 5) is 0. The summed E-state index contributed by atoms with van der Waals surface area (Å²) < 4.78 is 18.3. The third-order valence-electron chi connectivity index (χ3n) is 5.17. The minimum Gasteiger partial charge on any atom is -0.465 e. The number of hydrogen-bond acceptors (Lipinski definition) is 5. The lowest BCUT2D eigenvalue weighted by Crippen LogP contribution is -2.19. The monoisotopic (exact) mass is 370 g/mol. The van der Waals surface area contributed by atoms with Crippen LogP contribution < -0.4 is 11.5 Å². The third kappa shape index (κ3) is 3.75. The molecule has 5 nitrogen and oxygen atoms in total. The Morgan fingerprint density at radius 1 is 0.593 bits per heavy atom. The molecule has 3 heterocycles. The highest BCUT2D eigenvalue weighted by Gasteiger charge is 2.35. The van der Waals surface area contributed by atoms with Crippen molar-refractivity contribution < 1.29 is 13.3 Å². The van der Waals surface area contributed by atoms with Gasteiger partial charge in [-0.2, -0.15) is 0 Å². The molecule has 0 aliphatic rings. The zero-order valence-electron chi connectivity index (χ0n) is 16.7. The highest BCUT2D eigenvalue weighted by molar-refractivity contribution is 5.32. The minimum absolute atomic E-state index is 0.380. The van der Waals surface area contributed by atoms with Gasteiger partial charge in [-0.1, -0.05) is 0 Å². The van der Waals surface area contributed by atoms with Crippen LogP contribution in [0.25, 0.3) is 0 Å². The van der Waals surface area contributed by atoms with E-state index in [1.54, 1.807) is 0 Å². The molecular weight excluding hydrogens is 340 g/mol. The van der Waals surface area contributed by atoms with Crippen LogP contribution in [-0.4, -0.2) is 13.1 Å². The first-order valence-corrected chi connectivity index (χ1v) is 9.48. The molecule has 0 unspecified atom stereocenters. The van der Waals surface area contributed by atoms with E-state index >= 15 is 0 Å². The van der Waals surface area contributed by atoms with Gasteiger partial charge in [0, 0.05) is 12.8 Å². The first-order valence-electron chi connectivity index (χ1n) is 9.48. The maximum atomic E-state index is 6.29. The molecule has 3 aromatic heterocycles. The van der Waals surface area contributed by atoms with E-state index in [0.717, 1.165) is 47.4 Å². The van der Waals surface area contributed by atoms with Crippen LogP contribution in [0.3, 0.4) is 0 Å². The fourth-order valence-corrected chi connectivity index (χ4v) is 3.23. The molecule has 3 aromatic rings. The third-order valence-corrected chi connectivity index (χ3v) is 5.17. The lowest BCUT2D eigenvalue weighted by molar-refractivity contribution is 0.307. The van der Waals surface area contributed by atoms with E-state index in [1.165, 1.54) is 0 Å². The van der Waals surface area contributed by atoms with Gasteiger partial charge in [0.1, 0.15) is 34.6 Å². The van der Waals surface area contributed by atoms with E-state index in [9.17, 15) is 0 Å². The molecule has 4 N–H and O–H groups in total. The van der Waals surface area contributed by atoms with Crippen LogP contribution in [0.5, 0.6) is 0 Å². The number of furan rings is 3. The normalized spacial score (nSPS) is 12.7. The van der Waals surface area contributed by atoms with Gasteiger partial charge in [-0.3, -0.25) is 0 Å². The van der Waals surface area contributed by atoms with Crippen LogP contribution in [0.4, 0.5) is 0 Å². The molecule has 146 valence electrons. The molecular formula is C22H30N2O3. The fourth-order valence-electron chi connectivity index (χ4n) is 3.23. The van der Waals surface area contributed by atoms with Crippen molar-refractivity contribution in [2.45, 2.75) is 51.4 Å². The summed E-state index contributed by atoms with van der Waals surface area (Å²) >= 11 is 0. The molecule has 5 heteroatoms. The second kappa shape index (κ2) is 7.41. The fraction of sp³-hybridized carbons (Fsp3) is 0.455. The predicted molar refractivity (Wildman–Crippen MR) is 106 cm³/mol. The van der Waals surface area contributed by atoms with Gasteiger partial charge in [0.25, 0.3) is 0 Å². The quantitative estimate of drug-likeness (QED) is 0.622. The second-order valence-electron chi connectivity index (χ2n) is 8.02. The molecule has 0 aliphatic heterocycles. The van der Waals surface area contributed by atoms with Crippen LogP contribution in [0, 0.1) is 0 Å². The van der Waals surface area contributed by atoms with Gasteiger partial charge in [0.15, 0.2) is 0 Å². The number of hydrogen-bond donors (Lipinski definition) is 2. The van der Waals surface area contributed by atoms with Crippen molar-refractivity contribution in [2.24, 2.45) is 11.5 Å². The standard InChI is InChI=1S/C22H30N2O3/c1-21(2,17-7-5-15(25-17)11-13-23)19-9-10-20(27-19)22(3,4)18-8-6-16(26-18)12-14-24/h5-10H,11-14,23-24H2,1-4H3. The number of nitrogens with two attached hydrogens (primary N) is 2. The second-order valence-corrected chi connectivity index (χ2v) is 8.02. The number of rotatable bonds is 8. The van der Waals surface area contributed by atoms with Crippen molar-refractivity contribution in [1.82, 2.24) is 0 Å². The van der Waals surface area contributed by atoms with E-state index in [0.29, 0.717) is 13.1 Å². The van der Waals surface area contributed by atoms with Crippen LogP contribution in [0.15, 0.2) is 49.6 Å². The molecule has 0 atom stereocenters. The Morgan fingerprint density at radius 3 is 1.30 bits per heavy atom. The highest BCUT2D eigenvalue weighted by Crippen LogP contribution is 2.39. The van der Waals surface area contributed by atoms with Crippen molar-refractivity contribution >= 4 is 0 Å². The van der Waals surface area contributed by atoms with Crippen LogP contribution in [0.2, 0.25) is 0 Å². The van der Waals surface area contributed by atoms with Crippen molar-refractivity contribution in [3.8, 4) is 0 Å². The van der Waals surface area contributed by atoms with Crippen LogP contribution >= 0.6 is 0 Å². The lowest BCUT2D eigenvalue weighted by atomic mass is 9.87. The minimum atomic E-state index is -0.380. The first-order chi connectivity index (χ1) is 12.8. The van der Waals surface area contributed by atoms with Gasteiger partial charge in [0.2, 0.25) is 0 Å². The summed E-state index contributed by atoms with van der Waals surface area (Å²) in [7, 11) is 0. The highest BCUT2D eigenvalue weighted by atomic mass is 16.4. The molecule has 0 saturated heterocycles. The summed E-state index contributed by atoms with van der Waals surface area (Å²) in [6, 6.07) is 12.0. The van der Waals surface area contributed by atoms with Gasteiger partial charge in [-0.15, -0.1) is 0 Å². The maximum absolute atomic E-state index is 6.29. The smallest absolute Gasteiger partial charge is 0.117 e. The lowest BCUT2D eigenvalue weighted by Gasteiger charge is -2.22. The molecule has 0 saturated carbocycles. The summed E-state index contributed by atoms with van der Waals surface area (Å²) in [5.41, 5.74) is 10.5. The van der Waals surface area contributed by atoms with Crippen LogP contribution in [-0.2, 0) is 23.7 Å². The van der Waals surface area contributed by atoms with Crippen molar-refractivity contribution in [3.63, 3.8) is 0 Å². The maximum Gasteiger partial charge on any atom is 0.117 e. The van der Waals surface area contributed by atoms with Gasteiger partial charge in [-0.05, 0) is 77.2 Å². The average molecular weight is 370 g/mol. The first kappa shape index (κ1) is 19.5. The molecule has 0 fully saturated rings. The van der Waals surface area contributed by atoms with E-state index in [1.807, 2.05) is 36.4 Å². The Hall–Kier alpha value is -2.24. The van der Waals surface area contributed by atoms with E-state index in [2.05, 4.69) is 27.7 Å². The Balaban J connectivity index is 1.87. The Morgan fingerprint density at radius 2 is 0.926 bits per heavy atom. The Bertz CT molecular complexity index is 812. The average Bonchev–Trinajstić information content (AvgIpc) is 3.36. The van der Waals surface area contributed by atoms with Gasteiger partial charge < -0.3 is 24.7 Å². The largest absolute Gasteiger partial charge is 0.465 e. The molecule has 3 rings (SSSR count). The van der Waals surface area contributed by atoms with E-state index in [4.69, 9.17) is 24.7 Å². The van der Waals surface area contributed by atoms with E-state index in [-0.39, 0.29) is 10.8 Å². The Labute approximate surface area is 160 Å². The van der Waals surface area contributed by atoms with Gasteiger partial charge in [0.05, 0.1) is 10.8 Å². The molecule has 0 spiro atoms. The molecule has 0 aliphatic carbocycles. The molecule has 0 amide bonds. The topological polar surface area (TPSA) is 91.5 Å².